The second-order valence-electron chi connectivity index (χ2n) is 18.7. The van der Waals surface area contributed by atoms with Crippen molar-refractivity contribution in [1.82, 2.24) is 0 Å². The third-order valence-corrected chi connectivity index (χ3v) is 22.1. The number of rotatable bonds is 10. The average molecular weight is 699 g/mol. The smallest absolute Gasteiger partial charge is 0.332 e. The number of fused-ring (bicyclic) bond motifs is 1. The highest BCUT2D eigenvalue weighted by Gasteiger charge is 2.52. The van der Waals surface area contributed by atoms with E-state index in [0.717, 1.165) is 56.1 Å². The van der Waals surface area contributed by atoms with Crippen LogP contribution < -0.4 is 0 Å². The first kappa shape index (κ1) is 39.5. The number of carbonyl (C=O) groups excluding carboxylic acids is 1. The predicted molar refractivity (Wildman–Crippen MR) is 205 cm³/mol. The predicted octanol–water partition coefficient (Wildman–Crippen LogP) is 11.7. The zero-order chi connectivity index (χ0) is 35.8. The van der Waals surface area contributed by atoms with E-state index >= 15 is 0 Å². The number of allylic oxidation sites excluding steroid dienone is 5. The lowest BCUT2D eigenvalue weighted by Crippen LogP contribution is -2.56. The molecule has 48 heavy (non-hydrogen) atoms. The van der Waals surface area contributed by atoms with Crippen LogP contribution in [-0.2, 0) is 23.1 Å². The molecular formula is C41H70O5Si2. The van der Waals surface area contributed by atoms with Gasteiger partial charge in [0.1, 0.15) is 12.7 Å². The lowest BCUT2D eigenvalue weighted by molar-refractivity contribution is -0.217. The van der Waals surface area contributed by atoms with Gasteiger partial charge in [-0.15, -0.1) is 0 Å². The maximum atomic E-state index is 13.3. The number of esters is 1. The Kier molecular flexibility index (Phi) is 12.2. The van der Waals surface area contributed by atoms with Crippen molar-refractivity contribution in [3.63, 3.8) is 0 Å². The minimum absolute atomic E-state index is 0.00512. The van der Waals surface area contributed by atoms with Gasteiger partial charge in [-0.25, -0.2) is 4.79 Å². The van der Waals surface area contributed by atoms with Crippen LogP contribution in [0.25, 0.3) is 0 Å². The number of hydrogen-bond acceptors (Lipinski definition) is 5. The average Bonchev–Trinajstić information content (AvgIpc) is 3.32. The summed E-state index contributed by atoms with van der Waals surface area (Å²) in [6.07, 6.45) is 19.2. The maximum absolute atomic E-state index is 13.3. The van der Waals surface area contributed by atoms with Crippen LogP contribution in [0.15, 0.2) is 47.1 Å². The van der Waals surface area contributed by atoms with Crippen molar-refractivity contribution in [2.75, 3.05) is 6.61 Å². The van der Waals surface area contributed by atoms with E-state index in [1.807, 2.05) is 0 Å². The summed E-state index contributed by atoms with van der Waals surface area (Å²) >= 11 is 0. The van der Waals surface area contributed by atoms with E-state index in [9.17, 15) is 4.79 Å². The second-order valence-corrected chi connectivity index (χ2v) is 28.1. The number of hydrogen-bond donors (Lipinski definition) is 0. The zero-order valence-electron chi connectivity index (χ0n) is 32.9. The Balaban J connectivity index is 1.73. The lowest BCUT2D eigenvalue weighted by atomic mass is 9.64. The van der Waals surface area contributed by atoms with Gasteiger partial charge in [0, 0.05) is 12.8 Å². The molecular weight excluding hydrogens is 629 g/mol. The summed E-state index contributed by atoms with van der Waals surface area (Å²) in [4.78, 5) is 13.3. The Morgan fingerprint density at radius 1 is 0.979 bits per heavy atom. The van der Waals surface area contributed by atoms with E-state index in [1.165, 1.54) is 19.3 Å². The molecule has 0 unspecified atom stereocenters. The van der Waals surface area contributed by atoms with Crippen LogP contribution >= 0.6 is 0 Å². The monoisotopic (exact) mass is 698 g/mol. The fourth-order valence-electron chi connectivity index (χ4n) is 7.99. The fourth-order valence-corrected chi connectivity index (χ4v) is 10.7. The highest BCUT2D eigenvalue weighted by molar-refractivity contribution is 6.74. The molecule has 0 N–H and O–H groups in total. The number of ether oxygens (including phenoxy) is 2. The summed E-state index contributed by atoms with van der Waals surface area (Å²) in [6.45, 7) is 32.2. The van der Waals surface area contributed by atoms with Gasteiger partial charge in [0.25, 0.3) is 0 Å². The molecule has 272 valence electrons. The third-order valence-electron chi connectivity index (χ3n) is 13.1. The minimum Gasteiger partial charge on any atom is -0.461 e. The first-order valence-electron chi connectivity index (χ1n) is 19.1. The molecule has 0 radical (unpaired) electrons. The molecule has 0 aliphatic heterocycles. The first-order chi connectivity index (χ1) is 22.1. The normalized spacial score (nSPS) is 31.2. The zero-order valence-corrected chi connectivity index (χ0v) is 34.9. The molecule has 4 rings (SSSR count). The Bertz CT molecular complexity index is 1270. The molecule has 0 aromatic carbocycles. The molecule has 4 aliphatic rings. The van der Waals surface area contributed by atoms with Gasteiger partial charge in [-0.1, -0.05) is 97.8 Å². The van der Waals surface area contributed by atoms with E-state index in [0.29, 0.717) is 18.8 Å². The van der Waals surface area contributed by atoms with Crippen LogP contribution in [0.4, 0.5) is 0 Å². The highest BCUT2D eigenvalue weighted by atomic mass is 28.4. The summed E-state index contributed by atoms with van der Waals surface area (Å²) in [5, 5.41) is -0.00965. The Morgan fingerprint density at radius 2 is 1.62 bits per heavy atom. The van der Waals surface area contributed by atoms with Gasteiger partial charge in [-0.2, -0.15) is 0 Å². The van der Waals surface area contributed by atoms with E-state index in [4.69, 9.17) is 24.9 Å². The molecule has 0 saturated heterocycles. The standard InChI is InChI=1S/C41H70O5Si2/c1-14-33-24-25-35-31(19-18-26-40(33,35)9)22-23-32-27-41(46-48(12,13)39(6,7)8,43-29-37(42)44-34-20-16-15-17-21-34)28-36(30(32)2)45-47(10,11)38(3,4)5/h22-24,34-36H,2,14-21,25-29H2,1,3-13H3/t35-,36-,40+,41+/m0/s1. The third kappa shape index (κ3) is 8.78. The quantitative estimate of drug-likeness (QED) is 0.0984. The Labute approximate surface area is 296 Å². The van der Waals surface area contributed by atoms with E-state index < -0.39 is 22.4 Å². The molecule has 3 fully saturated rings. The largest absolute Gasteiger partial charge is 0.461 e. The molecule has 0 aromatic heterocycles. The molecule has 0 spiro atoms. The summed E-state index contributed by atoms with van der Waals surface area (Å²) in [6, 6.07) is 0. The molecule has 7 heteroatoms. The SMILES string of the molecule is C=C1C(=CC=C2CCC[C@]3(C)C(CC)=CC[C@@H]23)C[C@@](OCC(=O)OC2CCCCC2)(O[Si](C)(C)C(C)(C)C)C[C@@H]1O[Si](C)(C)C(C)(C)C. The van der Waals surface area contributed by atoms with Crippen LogP contribution in [0.5, 0.6) is 0 Å². The first-order valence-corrected chi connectivity index (χ1v) is 24.9. The molecule has 5 nitrogen and oxygen atoms in total. The van der Waals surface area contributed by atoms with Crippen molar-refractivity contribution in [2.45, 2.75) is 187 Å². The Hall–Kier alpha value is -1.26. The number of carbonyl (C=O) groups is 1. The van der Waals surface area contributed by atoms with Gasteiger partial charge in [0.2, 0.25) is 0 Å². The summed E-state index contributed by atoms with van der Waals surface area (Å²) in [5.41, 5.74) is 5.59. The highest BCUT2D eigenvalue weighted by Crippen LogP contribution is 2.56. The van der Waals surface area contributed by atoms with Crippen LogP contribution in [-0.4, -0.2) is 47.2 Å². The maximum Gasteiger partial charge on any atom is 0.332 e. The molecule has 3 saturated carbocycles. The topological polar surface area (TPSA) is 54.0 Å². The van der Waals surface area contributed by atoms with Crippen molar-refractivity contribution < 1.29 is 23.1 Å². The van der Waals surface area contributed by atoms with Gasteiger partial charge < -0.3 is 18.3 Å². The van der Waals surface area contributed by atoms with E-state index in [2.05, 4.69) is 99.8 Å². The summed E-state index contributed by atoms with van der Waals surface area (Å²) < 4.78 is 27.2. The molecule has 0 aromatic rings. The van der Waals surface area contributed by atoms with Gasteiger partial charge in [0.05, 0.1) is 6.10 Å². The van der Waals surface area contributed by atoms with Crippen molar-refractivity contribution >= 4 is 22.6 Å². The van der Waals surface area contributed by atoms with Crippen molar-refractivity contribution in [2.24, 2.45) is 11.3 Å². The lowest BCUT2D eigenvalue weighted by Gasteiger charge is -2.51. The molecule has 0 heterocycles. The van der Waals surface area contributed by atoms with Gasteiger partial charge in [0.15, 0.2) is 22.4 Å². The molecule has 4 aliphatic carbocycles. The van der Waals surface area contributed by atoms with Gasteiger partial charge >= 0.3 is 5.97 Å². The van der Waals surface area contributed by atoms with Crippen LogP contribution in [0, 0.1) is 11.3 Å². The molecule has 4 atom stereocenters. The van der Waals surface area contributed by atoms with E-state index in [1.54, 1.807) is 11.1 Å². The van der Waals surface area contributed by atoms with Crippen LogP contribution in [0.1, 0.15) is 132 Å². The summed E-state index contributed by atoms with van der Waals surface area (Å²) in [7, 11) is -4.54. The minimum atomic E-state index is -2.35. The molecule has 0 amide bonds. The molecule has 0 bridgehead atoms. The Morgan fingerprint density at radius 3 is 2.23 bits per heavy atom. The van der Waals surface area contributed by atoms with Crippen molar-refractivity contribution in [3.8, 4) is 0 Å². The summed E-state index contributed by atoms with van der Waals surface area (Å²) in [5.74, 6) is -0.743. The van der Waals surface area contributed by atoms with Crippen molar-refractivity contribution in [1.29, 1.82) is 0 Å². The fraction of sp³-hybridized carbons (Fsp3) is 0.780. The van der Waals surface area contributed by atoms with Gasteiger partial charge in [-0.3, -0.25) is 0 Å². The van der Waals surface area contributed by atoms with Crippen LogP contribution in [0.3, 0.4) is 0 Å². The van der Waals surface area contributed by atoms with E-state index in [-0.39, 0.29) is 40.3 Å². The second kappa shape index (κ2) is 14.8. The van der Waals surface area contributed by atoms with Crippen molar-refractivity contribution in [3.05, 3.63) is 47.1 Å². The van der Waals surface area contributed by atoms with Crippen LogP contribution in [0.2, 0.25) is 36.3 Å². The van der Waals surface area contributed by atoms with Gasteiger partial charge in [-0.05, 0) is 117 Å².